The lowest BCUT2D eigenvalue weighted by atomic mass is 10.2. The normalized spacial score (nSPS) is 10.5. The molecule has 1 aromatic carbocycles. The molecule has 0 unspecified atom stereocenters. The van der Waals surface area contributed by atoms with Gasteiger partial charge in [0.2, 0.25) is 5.75 Å². The number of benzene rings is 1. The van der Waals surface area contributed by atoms with E-state index in [0.29, 0.717) is 29.4 Å². The van der Waals surface area contributed by atoms with Crippen molar-refractivity contribution in [3.63, 3.8) is 0 Å². The Morgan fingerprint density at radius 1 is 1.14 bits per heavy atom. The van der Waals surface area contributed by atoms with Crippen molar-refractivity contribution < 1.29 is 19.3 Å². The molecule has 0 saturated carbocycles. The molecule has 2 aromatic rings. The summed E-state index contributed by atoms with van der Waals surface area (Å²) in [6, 6.07) is 3.46. The first-order valence-electron chi connectivity index (χ1n) is 6.71. The third-order valence-corrected chi connectivity index (χ3v) is 3.10. The van der Waals surface area contributed by atoms with E-state index in [1.54, 1.807) is 32.5 Å². The Morgan fingerprint density at radius 3 is 2.29 bits per heavy atom. The van der Waals surface area contributed by atoms with E-state index >= 15 is 0 Å². The van der Waals surface area contributed by atoms with Gasteiger partial charge in [-0.25, -0.2) is 0 Å². The van der Waals surface area contributed by atoms with Crippen LogP contribution in [-0.2, 0) is 19.8 Å². The van der Waals surface area contributed by atoms with Crippen LogP contribution in [0, 0.1) is 0 Å². The van der Waals surface area contributed by atoms with Crippen LogP contribution in [-0.4, -0.2) is 29.1 Å². The molecule has 0 aliphatic carbocycles. The first kappa shape index (κ1) is 15.2. The van der Waals surface area contributed by atoms with Gasteiger partial charge in [0.05, 0.1) is 27.0 Å². The molecule has 0 saturated heterocycles. The summed E-state index contributed by atoms with van der Waals surface area (Å²) < 4.78 is 18.3. The van der Waals surface area contributed by atoms with Gasteiger partial charge in [0, 0.05) is 18.3 Å². The van der Waals surface area contributed by atoms with Crippen LogP contribution in [0.1, 0.15) is 18.1 Å². The van der Waals surface area contributed by atoms with Crippen molar-refractivity contribution in [2.24, 2.45) is 0 Å². The molecule has 1 aromatic heterocycles. The number of hydrogen-bond acceptors (Lipinski definition) is 5. The first-order chi connectivity index (χ1) is 10.2. The number of rotatable bonds is 7. The molecule has 0 aliphatic rings. The van der Waals surface area contributed by atoms with Gasteiger partial charge in [0.25, 0.3) is 0 Å². The quantitative estimate of drug-likeness (QED) is 0.845. The van der Waals surface area contributed by atoms with Gasteiger partial charge in [-0.3, -0.25) is 4.68 Å². The summed E-state index contributed by atoms with van der Waals surface area (Å²) in [7, 11) is 3.11. The summed E-state index contributed by atoms with van der Waals surface area (Å²) >= 11 is 0. The van der Waals surface area contributed by atoms with Crippen LogP contribution in [0.25, 0.3) is 0 Å². The van der Waals surface area contributed by atoms with Crippen molar-refractivity contribution in [3.05, 3.63) is 35.7 Å². The molecule has 0 amide bonds. The molecular formula is C15H20N2O4. The Balaban J connectivity index is 2.21. The standard InChI is InChI=1S/C15H20N2O4/c1-4-17-8-12(7-16-17)10-21-15-13(19-2)5-11(9-18)6-14(15)20-3/h5-8,18H,4,9-10H2,1-3H3. The third-order valence-electron chi connectivity index (χ3n) is 3.10. The highest BCUT2D eigenvalue weighted by atomic mass is 16.5. The first-order valence-corrected chi connectivity index (χ1v) is 6.71. The van der Waals surface area contributed by atoms with Gasteiger partial charge in [-0.05, 0) is 24.6 Å². The number of aromatic nitrogens is 2. The maximum Gasteiger partial charge on any atom is 0.203 e. The Hall–Kier alpha value is -2.21. The summed E-state index contributed by atoms with van der Waals surface area (Å²) in [6.45, 7) is 3.12. The Labute approximate surface area is 123 Å². The molecule has 0 bridgehead atoms. The third kappa shape index (κ3) is 3.46. The summed E-state index contributed by atoms with van der Waals surface area (Å²) in [6.07, 6.45) is 3.70. The van der Waals surface area contributed by atoms with Crippen LogP contribution < -0.4 is 14.2 Å². The minimum atomic E-state index is -0.0870. The van der Waals surface area contributed by atoms with Crippen LogP contribution in [0.5, 0.6) is 17.2 Å². The summed E-state index contributed by atoms with van der Waals surface area (Å²) in [4.78, 5) is 0. The minimum Gasteiger partial charge on any atom is -0.493 e. The van der Waals surface area contributed by atoms with Crippen LogP contribution in [0.2, 0.25) is 0 Å². The van der Waals surface area contributed by atoms with Crippen molar-refractivity contribution in [1.82, 2.24) is 9.78 Å². The minimum absolute atomic E-state index is 0.0870. The van der Waals surface area contributed by atoms with E-state index in [2.05, 4.69) is 5.10 Å². The van der Waals surface area contributed by atoms with E-state index in [4.69, 9.17) is 14.2 Å². The van der Waals surface area contributed by atoms with Gasteiger partial charge >= 0.3 is 0 Å². The highest BCUT2D eigenvalue weighted by Gasteiger charge is 2.14. The maximum absolute atomic E-state index is 9.24. The predicted octanol–water partition coefficient (Wildman–Crippen LogP) is 1.99. The molecule has 0 fully saturated rings. The van der Waals surface area contributed by atoms with Gasteiger partial charge in [-0.15, -0.1) is 0 Å². The second-order valence-corrected chi connectivity index (χ2v) is 4.48. The lowest BCUT2D eigenvalue weighted by Crippen LogP contribution is -2.01. The van der Waals surface area contributed by atoms with Crippen molar-refractivity contribution in [2.75, 3.05) is 14.2 Å². The van der Waals surface area contributed by atoms with E-state index in [0.717, 1.165) is 12.1 Å². The van der Waals surface area contributed by atoms with Crippen molar-refractivity contribution in [1.29, 1.82) is 0 Å². The fourth-order valence-electron chi connectivity index (χ4n) is 1.98. The van der Waals surface area contributed by atoms with Gasteiger partial charge < -0.3 is 19.3 Å². The second kappa shape index (κ2) is 6.99. The zero-order valence-electron chi connectivity index (χ0n) is 12.5. The number of nitrogens with zero attached hydrogens (tertiary/aromatic N) is 2. The van der Waals surface area contributed by atoms with E-state index in [9.17, 15) is 5.11 Å². The lowest BCUT2D eigenvalue weighted by Gasteiger charge is -2.15. The van der Waals surface area contributed by atoms with E-state index < -0.39 is 0 Å². The van der Waals surface area contributed by atoms with Crippen LogP contribution in [0.4, 0.5) is 0 Å². The highest BCUT2D eigenvalue weighted by Crippen LogP contribution is 2.39. The average Bonchev–Trinajstić information content (AvgIpc) is 2.99. The SMILES string of the molecule is CCn1cc(COc2c(OC)cc(CO)cc2OC)cn1. The lowest BCUT2D eigenvalue weighted by molar-refractivity contribution is 0.260. The topological polar surface area (TPSA) is 65.7 Å². The average molecular weight is 292 g/mol. The molecule has 0 aliphatic heterocycles. The van der Waals surface area contributed by atoms with Crippen LogP contribution in [0.3, 0.4) is 0 Å². The zero-order chi connectivity index (χ0) is 15.2. The molecule has 114 valence electrons. The zero-order valence-corrected chi connectivity index (χ0v) is 12.5. The van der Waals surface area contributed by atoms with Gasteiger partial charge in [-0.1, -0.05) is 0 Å². The van der Waals surface area contributed by atoms with E-state index in [1.165, 1.54) is 0 Å². The van der Waals surface area contributed by atoms with Crippen molar-refractivity contribution in [3.8, 4) is 17.2 Å². The highest BCUT2D eigenvalue weighted by molar-refractivity contribution is 5.53. The van der Waals surface area contributed by atoms with Gasteiger partial charge in [0.1, 0.15) is 6.61 Å². The number of hydrogen-bond donors (Lipinski definition) is 1. The summed E-state index contributed by atoms with van der Waals surface area (Å²) in [5, 5.41) is 13.4. The number of aryl methyl sites for hydroxylation is 1. The molecule has 1 heterocycles. The monoisotopic (exact) mass is 292 g/mol. The maximum atomic E-state index is 9.24. The van der Waals surface area contributed by atoms with Crippen LogP contribution >= 0.6 is 0 Å². The molecule has 21 heavy (non-hydrogen) atoms. The Kier molecular flexibility index (Phi) is 5.05. The smallest absolute Gasteiger partial charge is 0.203 e. The second-order valence-electron chi connectivity index (χ2n) is 4.48. The van der Waals surface area contributed by atoms with Crippen molar-refractivity contribution in [2.45, 2.75) is 26.7 Å². The predicted molar refractivity (Wildman–Crippen MR) is 77.7 cm³/mol. The van der Waals surface area contributed by atoms with E-state index in [-0.39, 0.29) is 6.61 Å². The largest absolute Gasteiger partial charge is 0.493 e. The number of methoxy groups -OCH3 is 2. The number of aliphatic hydroxyl groups is 1. The molecule has 6 nitrogen and oxygen atoms in total. The Morgan fingerprint density at radius 2 is 1.81 bits per heavy atom. The summed E-state index contributed by atoms with van der Waals surface area (Å²) in [5.41, 5.74) is 1.67. The van der Waals surface area contributed by atoms with Crippen LogP contribution in [0.15, 0.2) is 24.5 Å². The Bertz CT molecular complexity index is 570. The summed E-state index contributed by atoms with van der Waals surface area (Å²) in [5.74, 6) is 1.57. The molecule has 0 atom stereocenters. The fraction of sp³-hybridized carbons (Fsp3) is 0.400. The molecule has 0 spiro atoms. The van der Waals surface area contributed by atoms with Crippen molar-refractivity contribution >= 4 is 0 Å². The fourth-order valence-corrected chi connectivity index (χ4v) is 1.98. The van der Waals surface area contributed by atoms with Gasteiger partial charge in [0.15, 0.2) is 11.5 Å². The molecular weight excluding hydrogens is 272 g/mol. The molecule has 1 N–H and O–H groups in total. The molecule has 0 radical (unpaired) electrons. The molecule has 2 rings (SSSR count). The van der Waals surface area contributed by atoms with E-state index in [1.807, 2.05) is 17.8 Å². The number of aliphatic hydroxyl groups excluding tert-OH is 1. The molecule has 6 heteroatoms. The van der Waals surface area contributed by atoms with Gasteiger partial charge in [-0.2, -0.15) is 5.10 Å². The number of ether oxygens (including phenoxy) is 3.